The van der Waals surface area contributed by atoms with Crippen LogP contribution >= 0.6 is 0 Å². The fourth-order valence-electron chi connectivity index (χ4n) is 4.78. The van der Waals surface area contributed by atoms with Crippen LogP contribution in [0, 0.1) is 0 Å². The quantitative estimate of drug-likeness (QED) is 0.0284. The molecule has 6 heteroatoms. The molecule has 0 saturated heterocycles. The van der Waals surface area contributed by atoms with E-state index in [0.29, 0.717) is 12.8 Å². The van der Waals surface area contributed by atoms with E-state index in [9.17, 15) is 14.4 Å². The Morgan fingerprint density at radius 3 is 1.23 bits per heavy atom. The molecule has 0 radical (unpaired) electrons. The first-order chi connectivity index (χ1) is 26.0. The number of carbonyl (C=O) groups excluding carboxylic acids is 3. The van der Waals surface area contributed by atoms with E-state index in [1.807, 2.05) is 6.08 Å². The minimum absolute atomic E-state index is 0.0833. The maximum Gasteiger partial charge on any atom is 0.310 e. The van der Waals surface area contributed by atoms with E-state index in [-0.39, 0.29) is 44.4 Å². The molecule has 0 amide bonds. The molecule has 1 atom stereocenters. The molecular formula is C47H72O6. The van der Waals surface area contributed by atoms with Crippen molar-refractivity contribution in [3.8, 4) is 0 Å². The molecule has 0 aromatic rings. The van der Waals surface area contributed by atoms with E-state index in [4.69, 9.17) is 14.2 Å². The van der Waals surface area contributed by atoms with Gasteiger partial charge >= 0.3 is 17.9 Å². The molecule has 1 unspecified atom stereocenters. The Morgan fingerprint density at radius 2 is 0.792 bits per heavy atom. The van der Waals surface area contributed by atoms with Crippen LogP contribution in [0.4, 0.5) is 0 Å². The van der Waals surface area contributed by atoms with E-state index in [1.165, 1.54) is 25.7 Å². The van der Waals surface area contributed by atoms with Crippen molar-refractivity contribution in [2.75, 3.05) is 13.2 Å². The molecular weight excluding hydrogens is 661 g/mol. The second-order valence-electron chi connectivity index (χ2n) is 12.8. The van der Waals surface area contributed by atoms with Gasteiger partial charge in [0.15, 0.2) is 6.10 Å². The maximum absolute atomic E-state index is 12.5. The summed E-state index contributed by atoms with van der Waals surface area (Å²) >= 11 is 0. The zero-order valence-electron chi connectivity index (χ0n) is 33.5. The highest BCUT2D eigenvalue weighted by Gasteiger charge is 2.19. The molecule has 0 rings (SSSR count). The van der Waals surface area contributed by atoms with Gasteiger partial charge < -0.3 is 14.2 Å². The Hall–Kier alpha value is -3.93. The molecule has 53 heavy (non-hydrogen) atoms. The van der Waals surface area contributed by atoms with Crippen LogP contribution < -0.4 is 0 Å². The number of hydrogen-bond donors (Lipinski definition) is 0. The third-order valence-corrected chi connectivity index (χ3v) is 7.78. The van der Waals surface area contributed by atoms with E-state index < -0.39 is 12.1 Å². The average molecular weight is 733 g/mol. The molecule has 0 aliphatic rings. The van der Waals surface area contributed by atoms with E-state index >= 15 is 0 Å². The summed E-state index contributed by atoms with van der Waals surface area (Å²) in [6.45, 7) is 6.15. The lowest BCUT2D eigenvalue weighted by Crippen LogP contribution is -2.30. The third-order valence-electron chi connectivity index (χ3n) is 7.78. The highest BCUT2D eigenvalue weighted by atomic mass is 16.6. The number of ether oxygens (including phenoxy) is 3. The number of unbranched alkanes of at least 4 members (excludes halogenated alkanes) is 6. The van der Waals surface area contributed by atoms with Crippen LogP contribution in [-0.4, -0.2) is 37.2 Å². The second-order valence-corrected chi connectivity index (χ2v) is 12.8. The lowest BCUT2D eigenvalue weighted by molar-refractivity contribution is -0.166. The number of carbonyl (C=O) groups is 3. The van der Waals surface area contributed by atoms with Gasteiger partial charge in [-0.2, -0.15) is 0 Å². The highest BCUT2D eigenvalue weighted by Crippen LogP contribution is 2.08. The largest absolute Gasteiger partial charge is 0.462 e. The van der Waals surface area contributed by atoms with Gasteiger partial charge in [0.1, 0.15) is 13.2 Å². The first-order valence-corrected chi connectivity index (χ1v) is 20.4. The van der Waals surface area contributed by atoms with E-state index in [0.717, 1.165) is 70.6 Å². The summed E-state index contributed by atoms with van der Waals surface area (Å²) in [5.74, 6) is -1.19. The molecule has 0 aromatic carbocycles. The summed E-state index contributed by atoms with van der Waals surface area (Å²) in [4.78, 5) is 37.4. The number of allylic oxidation sites excluding steroid dienone is 17. The fraction of sp³-hybridized carbons (Fsp3) is 0.553. The summed E-state index contributed by atoms with van der Waals surface area (Å²) in [6.07, 6.45) is 54.1. The Labute approximate surface area is 323 Å². The number of rotatable bonds is 34. The topological polar surface area (TPSA) is 78.9 Å². The Balaban J connectivity index is 4.56. The van der Waals surface area contributed by atoms with Crippen LogP contribution in [0.1, 0.15) is 149 Å². The molecule has 0 aromatic heterocycles. The molecule has 296 valence electrons. The summed E-state index contributed by atoms with van der Waals surface area (Å²) in [5.41, 5.74) is 0. The molecule has 0 bridgehead atoms. The van der Waals surface area contributed by atoms with Gasteiger partial charge in [-0.15, -0.1) is 0 Å². The summed E-state index contributed by atoms with van der Waals surface area (Å²) in [5, 5.41) is 0. The van der Waals surface area contributed by atoms with Crippen LogP contribution in [0.3, 0.4) is 0 Å². The zero-order chi connectivity index (χ0) is 38.7. The summed E-state index contributed by atoms with van der Waals surface area (Å²) < 4.78 is 16.4. The molecule has 0 spiro atoms. The molecule has 0 aliphatic carbocycles. The van der Waals surface area contributed by atoms with Crippen LogP contribution in [0.2, 0.25) is 0 Å². The Bertz CT molecular complexity index is 1160. The predicted molar refractivity (Wildman–Crippen MR) is 223 cm³/mol. The molecule has 0 N–H and O–H groups in total. The van der Waals surface area contributed by atoms with Gasteiger partial charge in [-0.05, 0) is 89.9 Å². The van der Waals surface area contributed by atoms with Gasteiger partial charge in [0.05, 0.1) is 6.42 Å². The van der Waals surface area contributed by atoms with Crippen molar-refractivity contribution < 1.29 is 28.6 Å². The van der Waals surface area contributed by atoms with Crippen molar-refractivity contribution in [3.05, 3.63) is 109 Å². The Kier molecular flexibility index (Phi) is 37.8. The second kappa shape index (κ2) is 40.8. The van der Waals surface area contributed by atoms with Crippen molar-refractivity contribution in [1.82, 2.24) is 0 Å². The summed E-state index contributed by atoms with van der Waals surface area (Å²) in [6, 6.07) is 0. The highest BCUT2D eigenvalue weighted by molar-refractivity contribution is 5.72. The lowest BCUT2D eigenvalue weighted by atomic mass is 10.1. The number of esters is 3. The standard InChI is InChI=1S/C47H72O6/c1-4-7-10-13-16-19-20-21-22-23-24-25-26-29-31-34-37-40-46(49)52-43-44(53-47(50)41-38-35-32-28-18-15-12-9-6-3)42-51-45(48)39-36-33-30-27-17-14-11-8-5-2/h7,9-10,12,16,18-19,21-22,24-25,27-31,35,38,44H,4-6,8,11,13-15,17,20,23,26,32-34,36-37,39-43H2,1-3H3/b10-7-,12-9-,19-16-,22-21-,25-24-,28-18-,30-27-,31-29-,38-35-. The average Bonchev–Trinajstić information content (AvgIpc) is 3.15. The fourth-order valence-corrected chi connectivity index (χ4v) is 4.78. The van der Waals surface area contributed by atoms with Crippen LogP contribution in [0.15, 0.2) is 109 Å². The molecule has 0 aliphatic heterocycles. The monoisotopic (exact) mass is 733 g/mol. The SMILES string of the molecule is CC/C=C\C/C=C\C/C=C\C/C=C\C/C=C\CCCC(=O)OCC(COC(=O)CCC/C=C\CCCCCC)OC(=O)C/C=C\C/C=C\C/C=C\CC. The van der Waals surface area contributed by atoms with Gasteiger partial charge in [-0.25, -0.2) is 0 Å². The summed E-state index contributed by atoms with van der Waals surface area (Å²) in [7, 11) is 0. The minimum atomic E-state index is -0.858. The Morgan fingerprint density at radius 1 is 0.415 bits per heavy atom. The van der Waals surface area contributed by atoms with Crippen molar-refractivity contribution >= 4 is 17.9 Å². The van der Waals surface area contributed by atoms with Gasteiger partial charge in [0.2, 0.25) is 0 Å². The van der Waals surface area contributed by atoms with Crippen LogP contribution in [0.5, 0.6) is 0 Å². The lowest BCUT2D eigenvalue weighted by Gasteiger charge is -2.18. The number of hydrogen-bond acceptors (Lipinski definition) is 6. The maximum atomic E-state index is 12.5. The van der Waals surface area contributed by atoms with Crippen molar-refractivity contribution in [1.29, 1.82) is 0 Å². The molecule has 0 fully saturated rings. The van der Waals surface area contributed by atoms with Gasteiger partial charge in [-0.1, -0.05) is 149 Å². The molecule has 0 saturated carbocycles. The van der Waals surface area contributed by atoms with Gasteiger partial charge in [0.25, 0.3) is 0 Å². The van der Waals surface area contributed by atoms with Crippen molar-refractivity contribution in [2.24, 2.45) is 0 Å². The first kappa shape index (κ1) is 49.1. The van der Waals surface area contributed by atoms with Crippen molar-refractivity contribution in [2.45, 2.75) is 155 Å². The minimum Gasteiger partial charge on any atom is -0.462 e. The third kappa shape index (κ3) is 39.1. The first-order valence-electron chi connectivity index (χ1n) is 20.4. The van der Waals surface area contributed by atoms with Crippen LogP contribution in [-0.2, 0) is 28.6 Å². The van der Waals surface area contributed by atoms with Gasteiger partial charge in [-0.3, -0.25) is 14.4 Å². The van der Waals surface area contributed by atoms with Gasteiger partial charge in [0, 0.05) is 12.8 Å². The van der Waals surface area contributed by atoms with Crippen molar-refractivity contribution in [3.63, 3.8) is 0 Å². The normalized spacial score (nSPS) is 13.2. The predicted octanol–water partition coefficient (Wildman–Crippen LogP) is 12.9. The smallest absolute Gasteiger partial charge is 0.310 e. The van der Waals surface area contributed by atoms with E-state index in [1.54, 1.807) is 6.08 Å². The van der Waals surface area contributed by atoms with Crippen LogP contribution in [0.25, 0.3) is 0 Å². The zero-order valence-corrected chi connectivity index (χ0v) is 33.5. The van der Waals surface area contributed by atoms with E-state index in [2.05, 4.69) is 118 Å². The molecule has 0 heterocycles. The molecule has 6 nitrogen and oxygen atoms in total.